The molecule has 0 spiro atoms. The molecule has 0 aliphatic carbocycles. The van der Waals surface area contributed by atoms with Crippen molar-refractivity contribution in [1.82, 2.24) is 10.6 Å². The number of sulfone groups is 1. The van der Waals surface area contributed by atoms with Gasteiger partial charge in [-0.3, -0.25) is 0 Å². The molecule has 0 aromatic carbocycles. The summed E-state index contributed by atoms with van der Waals surface area (Å²) in [7, 11) is -2.95. The van der Waals surface area contributed by atoms with E-state index in [9.17, 15) is 13.2 Å². The van der Waals surface area contributed by atoms with Gasteiger partial charge in [-0.05, 0) is 6.92 Å². The maximum Gasteiger partial charge on any atom is 0.312 e. The molecular weight excluding hydrogens is 218 g/mol. The number of amides is 2. The summed E-state index contributed by atoms with van der Waals surface area (Å²) in [5, 5.41) is 5.38. The Balaban J connectivity index is 3.67. The molecule has 1 atom stereocenters. The van der Waals surface area contributed by atoms with E-state index < -0.39 is 15.9 Å². The zero-order valence-corrected chi connectivity index (χ0v) is 9.93. The van der Waals surface area contributed by atoms with Gasteiger partial charge in [0.2, 0.25) is 0 Å². The summed E-state index contributed by atoms with van der Waals surface area (Å²) >= 11 is 0. The van der Waals surface area contributed by atoms with Crippen LogP contribution in [0, 0.1) is 0 Å². The van der Waals surface area contributed by atoms with Crippen LogP contribution in [-0.4, -0.2) is 45.1 Å². The molecule has 15 heavy (non-hydrogen) atoms. The van der Waals surface area contributed by atoms with E-state index in [1.54, 1.807) is 13.8 Å². The van der Waals surface area contributed by atoms with Gasteiger partial charge in [-0.1, -0.05) is 6.92 Å². The maximum atomic E-state index is 11.2. The number of rotatable bonds is 7. The molecule has 90 valence electrons. The van der Waals surface area contributed by atoms with Gasteiger partial charge in [0.1, 0.15) is 0 Å². The molecule has 0 radical (unpaired) electrons. The van der Waals surface area contributed by atoms with Crippen molar-refractivity contribution in [3.05, 3.63) is 0 Å². The summed E-state index contributed by atoms with van der Waals surface area (Å²) in [5.74, 6) is 0.263. The van der Waals surface area contributed by atoms with Gasteiger partial charge in [-0.15, -0.1) is 0 Å². The molecule has 7 heteroatoms. The minimum Gasteiger partial charge on any atom is -0.352 e. The predicted octanol–water partition coefficient (Wildman–Crippen LogP) is -0.932. The molecule has 1 unspecified atom stereocenters. The van der Waals surface area contributed by atoms with Crippen molar-refractivity contribution < 1.29 is 13.2 Å². The molecular formula is C8H19N3O3S. The van der Waals surface area contributed by atoms with Crippen molar-refractivity contribution in [2.24, 2.45) is 5.73 Å². The smallest absolute Gasteiger partial charge is 0.312 e. The van der Waals surface area contributed by atoms with Gasteiger partial charge >= 0.3 is 6.03 Å². The molecule has 0 aliphatic rings. The SMILES string of the molecule is CCS(=O)(=O)CC(C)NCCNC(N)=O. The van der Waals surface area contributed by atoms with E-state index in [4.69, 9.17) is 5.73 Å². The second-order valence-electron chi connectivity index (χ2n) is 3.35. The number of urea groups is 1. The first-order valence-electron chi connectivity index (χ1n) is 4.84. The van der Waals surface area contributed by atoms with Gasteiger partial charge in [-0.2, -0.15) is 0 Å². The first kappa shape index (κ1) is 14.2. The first-order chi connectivity index (χ1) is 6.87. The molecule has 0 saturated heterocycles. The van der Waals surface area contributed by atoms with E-state index in [2.05, 4.69) is 10.6 Å². The lowest BCUT2D eigenvalue weighted by atomic mass is 10.4. The van der Waals surface area contributed by atoms with E-state index in [-0.39, 0.29) is 17.5 Å². The summed E-state index contributed by atoms with van der Waals surface area (Å²) in [6, 6.07) is -0.699. The van der Waals surface area contributed by atoms with Crippen LogP contribution in [0.2, 0.25) is 0 Å². The number of nitrogens with one attached hydrogen (secondary N) is 2. The minimum absolute atomic E-state index is 0.111. The molecule has 0 aromatic rings. The fraction of sp³-hybridized carbons (Fsp3) is 0.875. The number of carbonyl (C=O) groups is 1. The lowest BCUT2D eigenvalue weighted by molar-refractivity contribution is 0.249. The highest BCUT2D eigenvalue weighted by atomic mass is 32.2. The molecule has 0 heterocycles. The van der Waals surface area contributed by atoms with Crippen molar-refractivity contribution in [2.75, 3.05) is 24.6 Å². The Morgan fingerprint density at radius 3 is 2.47 bits per heavy atom. The highest BCUT2D eigenvalue weighted by molar-refractivity contribution is 7.91. The highest BCUT2D eigenvalue weighted by Gasteiger charge is 2.12. The number of hydrogen-bond donors (Lipinski definition) is 3. The Labute approximate surface area is 90.5 Å². The Hall–Kier alpha value is -0.820. The maximum absolute atomic E-state index is 11.2. The minimum atomic E-state index is -2.95. The summed E-state index contributed by atoms with van der Waals surface area (Å²) in [6.45, 7) is 4.31. The fourth-order valence-corrected chi connectivity index (χ4v) is 2.18. The molecule has 0 bridgehead atoms. The van der Waals surface area contributed by atoms with Crippen LogP contribution in [0.4, 0.5) is 4.79 Å². The fourth-order valence-electron chi connectivity index (χ4n) is 1.06. The summed E-state index contributed by atoms with van der Waals surface area (Å²) in [4.78, 5) is 10.3. The third-order valence-corrected chi connectivity index (χ3v) is 3.75. The van der Waals surface area contributed by atoms with E-state index in [1.807, 2.05) is 0 Å². The van der Waals surface area contributed by atoms with Crippen LogP contribution in [0.1, 0.15) is 13.8 Å². The first-order valence-corrected chi connectivity index (χ1v) is 6.66. The zero-order chi connectivity index (χ0) is 11.9. The van der Waals surface area contributed by atoms with Gasteiger partial charge in [-0.25, -0.2) is 13.2 Å². The van der Waals surface area contributed by atoms with Gasteiger partial charge in [0.25, 0.3) is 0 Å². The molecule has 0 saturated carbocycles. The third kappa shape index (κ3) is 8.19. The van der Waals surface area contributed by atoms with Crippen LogP contribution in [0.15, 0.2) is 0 Å². The number of carbonyl (C=O) groups excluding carboxylic acids is 1. The van der Waals surface area contributed by atoms with Gasteiger partial charge in [0.05, 0.1) is 5.75 Å². The summed E-state index contributed by atoms with van der Waals surface area (Å²) in [5.41, 5.74) is 4.86. The summed E-state index contributed by atoms with van der Waals surface area (Å²) in [6.07, 6.45) is 0. The van der Waals surface area contributed by atoms with E-state index in [1.165, 1.54) is 0 Å². The lowest BCUT2D eigenvalue weighted by Crippen LogP contribution is -2.40. The standard InChI is InChI=1S/C8H19N3O3S/c1-3-15(13,14)6-7(2)10-4-5-11-8(9)12/h7,10H,3-6H2,1-2H3,(H3,9,11,12). The Bertz CT molecular complexity index is 290. The van der Waals surface area contributed by atoms with E-state index >= 15 is 0 Å². The zero-order valence-electron chi connectivity index (χ0n) is 9.12. The Morgan fingerprint density at radius 1 is 1.40 bits per heavy atom. The van der Waals surface area contributed by atoms with Gasteiger partial charge in [0, 0.05) is 24.9 Å². The monoisotopic (exact) mass is 237 g/mol. The lowest BCUT2D eigenvalue weighted by Gasteiger charge is -2.13. The molecule has 0 aliphatic heterocycles. The normalized spacial score (nSPS) is 13.5. The topological polar surface area (TPSA) is 101 Å². The van der Waals surface area contributed by atoms with Crippen LogP contribution < -0.4 is 16.4 Å². The van der Waals surface area contributed by atoms with Crippen LogP contribution >= 0.6 is 0 Å². The van der Waals surface area contributed by atoms with Crippen molar-refractivity contribution >= 4 is 15.9 Å². The largest absolute Gasteiger partial charge is 0.352 e. The molecule has 0 aromatic heterocycles. The Kier molecular flexibility index (Phi) is 6.26. The second-order valence-corrected chi connectivity index (χ2v) is 5.74. The van der Waals surface area contributed by atoms with Crippen molar-refractivity contribution in [3.63, 3.8) is 0 Å². The second kappa shape index (κ2) is 6.62. The molecule has 0 rings (SSSR count). The van der Waals surface area contributed by atoms with E-state index in [0.29, 0.717) is 13.1 Å². The quantitative estimate of drug-likeness (QED) is 0.498. The number of nitrogens with two attached hydrogens (primary N) is 1. The molecule has 2 amide bonds. The van der Waals surface area contributed by atoms with Crippen LogP contribution in [-0.2, 0) is 9.84 Å². The molecule has 0 fully saturated rings. The number of primary amides is 1. The number of hydrogen-bond acceptors (Lipinski definition) is 4. The predicted molar refractivity (Wildman–Crippen MR) is 59.4 cm³/mol. The average molecular weight is 237 g/mol. The van der Waals surface area contributed by atoms with Crippen molar-refractivity contribution in [2.45, 2.75) is 19.9 Å². The van der Waals surface area contributed by atoms with Gasteiger partial charge < -0.3 is 16.4 Å². The molecule has 4 N–H and O–H groups in total. The molecule has 6 nitrogen and oxygen atoms in total. The van der Waals surface area contributed by atoms with E-state index in [0.717, 1.165) is 0 Å². The average Bonchev–Trinajstić information content (AvgIpc) is 2.11. The van der Waals surface area contributed by atoms with Crippen LogP contribution in [0.25, 0.3) is 0 Å². The highest BCUT2D eigenvalue weighted by Crippen LogP contribution is 1.93. The van der Waals surface area contributed by atoms with Crippen LogP contribution in [0.3, 0.4) is 0 Å². The van der Waals surface area contributed by atoms with Crippen molar-refractivity contribution in [1.29, 1.82) is 0 Å². The Morgan fingerprint density at radius 2 is 2.00 bits per heavy atom. The van der Waals surface area contributed by atoms with Crippen molar-refractivity contribution in [3.8, 4) is 0 Å². The third-order valence-electron chi connectivity index (χ3n) is 1.86. The van der Waals surface area contributed by atoms with Crippen LogP contribution in [0.5, 0.6) is 0 Å². The van der Waals surface area contributed by atoms with Gasteiger partial charge in [0.15, 0.2) is 9.84 Å². The summed E-state index contributed by atoms with van der Waals surface area (Å²) < 4.78 is 22.4.